The molecule has 0 radical (unpaired) electrons. The van der Waals surface area contributed by atoms with Gasteiger partial charge in [-0.3, -0.25) is 4.79 Å². The Morgan fingerprint density at radius 3 is 2.73 bits per heavy atom. The summed E-state index contributed by atoms with van der Waals surface area (Å²) >= 11 is 13.7. The SMILES string of the molecule is CCc1ccccc1NC(=O)c1sc2cc(Cl)ccc2c1Cl. The number of carbonyl (C=O) groups is 1. The fraction of sp³-hybridized carbons (Fsp3) is 0.118. The maximum absolute atomic E-state index is 12.5. The highest BCUT2D eigenvalue weighted by Crippen LogP contribution is 2.37. The van der Waals surface area contributed by atoms with Gasteiger partial charge in [-0.05, 0) is 30.2 Å². The smallest absolute Gasteiger partial charge is 0.267 e. The first-order valence-electron chi connectivity index (χ1n) is 6.87. The average Bonchev–Trinajstić information content (AvgIpc) is 2.84. The van der Waals surface area contributed by atoms with Crippen LogP contribution in [0.2, 0.25) is 10.0 Å². The molecule has 0 saturated heterocycles. The molecular weight excluding hydrogens is 337 g/mol. The van der Waals surface area contributed by atoms with E-state index in [0.29, 0.717) is 14.9 Å². The van der Waals surface area contributed by atoms with Crippen LogP contribution in [0.5, 0.6) is 0 Å². The molecule has 0 aliphatic heterocycles. The van der Waals surface area contributed by atoms with Crippen LogP contribution in [0, 0.1) is 0 Å². The summed E-state index contributed by atoms with van der Waals surface area (Å²) in [5.74, 6) is -0.191. The van der Waals surface area contributed by atoms with Crippen molar-refractivity contribution in [2.75, 3.05) is 5.32 Å². The number of fused-ring (bicyclic) bond motifs is 1. The van der Waals surface area contributed by atoms with Crippen LogP contribution in [0.25, 0.3) is 10.1 Å². The second kappa shape index (κ2) is 6.29. The van der Waals surface area contributed by atoms with Gasteiger partial charge in [-0.2, -0.15) is 0 Å². The molecule has 0 aliphatic rings. The van der Waals surface area contributed by atoms with E-state index in [1.165, 1.54) is 11.3 Å². The number of para-hydroxylation sites is 1. The molecule has 0 unspecified atom stereocenters. The molecule has 1 N–H and O–H groups in total. The first-order chi connectivity index (χ1) is 10.6. The number of nitrogens with one attached hydrogen (secondary N) is 1. The van der Waals surface area contributed by atoms with E-state index in [1.807, 2.05) is 36.4 Å². The predicted octanol–water partition coefficient (Wildman–Crippen LogP) is 6.02. The molecule has 0 aliphatic carbocycles. The summed E-state index contributed by atoms with van der Waals surface area (Å²) < 4.78 is 0.909. The van der Waals surface area contributed by atoms with Gasteiger partial charge in [0, 0.05) is 20.8 Å². The van der Waals surface area contributed by atoms with Gasteiger partial charge >= 0.3 is 0 Å². The third kappa shape index (κ3) is 2.84. The van der Waals surface area contributed by atoms with Gasteiger partial charge in [-0.1, -0.05) is 54.4 Å². The van der Waals surface area contributed by atoms with Crippen molar-refractivity contribution in [3.05, 3.63) is 63.0 Å². The van der Waals surface area contributed by atoms with E-state index in [2.05, 4.69) is 12.2 Å². The van der Waals surface area contributed by atoms with E-state index in [4.69, 9.17) is 23.2 Å². The number of aryl methyl sites for hydroxylation is 1. The Kier molecular flexibility index (Phi) is 4.39. The van der Waals surface area contributed by atoms with Crippen LogP contribution in [0.15, 0.2) is 42.5 Å². The van der Waals surface area contributed by atoms with E-state index in [9.17, 15) is 4.79 Å². The van der Waals surface area contributed by atoms with E-state index >= 15 is 0 Å². The number of halogens is 2. The van der Waals surface area contributed by atoms with E-state index in [-0.39, 0.29) is 5.91 Å². The van der Waals surface area contributed by atoms with Gasteiger partial charge in [-0.15, -0.1) is 11.3 Å². The molecule has 0 fully saturated rings. The Balaban J connectivity index is 1.97. The number of amides is 1. The molecule has 2 aromatic carbocycles. The third-order valence-corrected chi connectivity index (χ3v) is 5.34. The van der Waals surface area contributed by atoms with Crippen LogP contribution < -0.4 is 5.32 Å². The summed E-state index contributed by atoms with van der Waals surface area (Å²) in [5.41, 5.74) is 1.91. The van der Waals surface area contributed by atoms with Crippen molar-refractivity contribution < 1.29 is 4.79 Å². The Hall–Kier alpha value is -1.55. The number of hydrogen-bond acceptors (Lipinski definition) is 2. The van der Waals surface area contributed by atoms with Gasteiger partial charge in [-0.25, -0.2) is 0 Å². The molecule has 0 bridgehead atoms. The molecule has 3 aromatic rings. The van der Waals surface area contributed by atoms with Gasteiger partial charge in [0.05, 0.1) is 5.02 Å². The molecule has 1 heterocycles. The van der Waals surface area contributed by atoms with E-state index in [0.717, 1.165) is 27.8 Å². The number of thiophene rings is 1. The molecule has 5 heteroatoms. The maximum Gasteiger partial charge on any atom is 0.267 e. The van der Waals surface area contributed by atoms with Crippen LogP contribution >= 0.6 is 34.5 Å². The number of benzene rings is 2. The van der Waals surface area contributed by atoms with Crippen molar-refractivity contribution in [1.29, 1.82) is 0 Å². The first-order valence-corrected chi connectivity index (χ1v) is 8.44. The Morgan fingerprint density at radius 1 is 1.18 bits per heavy atom. The number of carbonyl (C=O) groups excluding carboxylic acids is 1. The van der Waals surface area contributed by atoms with Crippen LogP contribution in [0.3, 0.4) is 0 Å². The molecule has 0 saturated carbocycles. The predicted molar refractivity (Wildman–Crippen MR) is 95.6 cm³/mol. The second-order valence-corrected chi connectivity index (χ2v) is 6.72. The monoisotopic (exact) mass is 349 g/mol. The highest BCUT2D eigenvalue weighted by molar-refractivity contribution is 7.21. The Labute approximate surface area is 142 Å². The van der Waals surface area contributed by atoms with Gasteiger partial charge in [0.1, 0.15) is 4.88 Å². The first kappa shape index (κ1) is 15.3. The summed E-state index contributed by atoms with van der Waals surface area (Å²) in [4.78, 5) is 13.0. The molecule has 1 aromatic heterocycles. The lowest BCUT2D eigenvalue weighted by atomic mass is 10.1. The summed E-state index contributed by atoms with van der Waals surface area (Å²) in [6.45, 7) is 2.05. The van der Waals surface area contributed by atoms with Crippen molar-refractivity contribution in [2.24, 2.45) is 0 Å². The molecule has 0 atom stereocenters. The van der Waals surface area contributed by atoms with Crippen LogP contribution in [-0.4, -0.2) is 5.91 Å². The minimum Gasteiger partial charge on any atom is -0.321 e. The van der Waals surface area contributed by atoms with Crippen molar-refractivity contribution in [3.8, 4) is 0 Å². The third-order valence-electron chi connectivity index (χ3n) is 3.44. The van der Waals surface area contributed by atoms with Crippen molar-refractivity contribution in [1.82, 2.24) is 0 Å². The highest BCUT2D eigenvalue weighted by Gasteiger charge is 2.18. The zero-order chi connectivity index (χ0) is 15.7. The second-order valence-electron chi connectivity index (χ2n) is 4.85. The van der Waals surface area contributed by atoms with Crippen LogP contribution in [0.4, 0.5) is 5.69 Å². The van der Waals surface area contributed by atoms with Gasteiger partial charge < -0.3 is 5.32 Å². The largest absolute Gasteiger partial charge is 0.321 e. The fourth-order valence-electron chi connectivity index (χ4n) is 2.31. The Morgan fingerprint density at radius 2 is 1.95 bits per heavy atom. The molecule has 22 heavy (non-hydrogen) atoms. The van der Waals surface area contributed by atoms with Gasteiger partial charge in [0.15, 0.2) is 0 Å². The lowest BCUT2D eigenvalue weighted by Gasteiger charge is -2.08. The highest BCUT2D eigenvalue weighted by atomic mass is 35.5. The molecule has 2 nitrogen and oxygen atoms in total. The maximum atomic E-state index is 12.5. The minimum absolute atomic E-state index is 0.191. The number of anilines is 1. The van der Waals surface area contributed by atoms with Crippen molar-refractivity contribution in [3.63, 3.8) is 0 Å². The number of rotatable bonds is 3. The zero-order valence-electron chi connectivity index (χ0n) is 11.8. The average molecular weight is 350 g/mol. The Bertz CT molecular complexity index is 857. The van der Waals surface area contributed by atoms with Gasteiger partial charge in [0.2, 0.25) is 0 Å². The summed E-state index contributed by atoms with van der Waals surface area (Å²) in [7, 11) is 0. The molecule has 1 amide bonds. The summed E-state index contributed by atoms with van der Waals surface area (Å²) in [6.07, 6.45) is 0.853. The van der Waals surface area contributed by atoms with Gasteiger partial charge in [0.25, 0.3) is 5.91 Å². The van der Waals surface area contributed by atoms with Crippen LogP contribution in [-0.2, 0) is 6.42 Å². The van der Waals surface area contributed by atoms with E-state index in [1.54, 1.807) is 6.07 Å². The minimum atomic E-state index is -0.191. The quantitative estimate of drug-likeness (QED) is 0.615. The lowest BCUT2D eigenvalue weighted by Crippen LogP contribution is -2.12. The molecule has 0 spiro atoms. The summed E-state index contributed by atoms with van der Waals surface area (Å²) in [6, 6.07) is 13.2. The van der Waals surface area contributed by atoms with Crippen molar-refractivity contribution >= 4 is 56.2 Å². The normalized spacial score (nSPS) is 10.9. The van der Waals surface area contributed by atoms with Crippen molar-refractivity contribution in [2.45, 2.75) is 13.3 Å². The lowest BCUT2D eigenvalue weighted by molar-refractivity contribution is 0.103. The summed E-state index contributed by atoms with van der Waals surface area (Å²) in [5, 5.41) is 4.91. The molecule has 112 valence electrons. The molecular formula is C17H13Cl2NOS. The van der Waals surface area contributed by atoms with E-state index < -0.39 is 0 Å². The zero-order valence-corrected chi connectivity index (χ0v) is 14.1. The van der Waals surface area contributed by atoms with Crippen LogP contribution in [0.1, 0.15) is 22.2 Å². The standard InChI is InChI=1S/C17H13Cl2NOS/c1-2-10-5-3-4-6-13(10)20-17(21)16-15(19)12-8-7-11(18)9-14(12)22-16/h3-9H,2H2,1H3,(H,20,21). The fourth-order valence-corrected chi connectivity index (χ4v) is 4.00. The molecule has 3 rings (SSSR count). The number of hydrogen-bond donors (Lipinski definition) is 1. The topological polar surface area (TPSA) is 29.1 Å².